The number of anilines is 4. The molecule has 1 aromatic heterocycles. The summed E-state index contributed by atoms with van der Waals surface area (Å²) in [7, 11) is 0. The highest BCUT2D eigenvalue weighted by Crippen LogP contribution is 2.35. The molecule has 0 saturated carbocycles. The van der Waals surface area contributed by atoms with Crippen LogP contribution in [0.4, 0.5) is 32.2 Å². The molecule has 12 nitrogen and oxygen atoms in total. The number of rotatable bonds is 8. The predicted octanol–water partition coefficient (Wildman–Crippen LogP) is 0.460. The topological polar surface area (TPSA) is 145 Å². The first-order valence-electron chi connectivity index (χ1n) is 11.5. The van der Waals surface area contributed by atoms with Gasteiger partial charge in [0.2, 0.25) is 5.91 Å². The fourth-order valence-corrected chi connectivity index (χ4v) is 4.42. The Balaban J connectivity index is 1.19. The molecule has 4 heterocycles. The van der Waals surface area contributed by atoms with E-state index in [4.69, 9.17) is 9.47 Å². The van der Waals surface area contributed by atoms with E-state index in [1.165, 1.54) is 15.9 Å². The second kappa shape index (κ2) is 9.95. The molecule has 3 aliphatic heterocycles. The summed E-state index contributed by atoms with van der Waals surface area (Å²) in [4.78, 5) is 43.3. The van der Waals surface area contributed by atoms with Crippen LogP contribution in [-0.2, 0) is 20.7 Å². The molecule has 1 unspecified atom stereocenters. The number of halogens is 1. The van der Waals surface area contributed by atoms with E-state index in [0.717, 1.165) is 0 Å². The minimum atomic E-state index is -0.565. The zero-order valence-corrected chi connectivity index (χ0v) is 19.3. The van der Waals surface area contributed by atoms with E-state index in [0.29, 0.717) is 41.6 Å². The van der Waals surface area contributed by atoms with Gasteiger partial charge >= 0.3 is 6.09 Å². The van der Waals surface area contributed by atoms with Crippen LogP contribution < -0.4 is 30.5 Å². The molecule has 1 fully saturated rings. The van der Waals surface area contributed by atoms with E-state index in [1.54, 1.807) is 18.2 Å². The van der Waals surface area contributed by atoms with Gasteiger partial charge in [-0.15, -0.1) is 0 Å². The Bertz CT molecular complexity index is 1210. The molecule has 36 heavy (non-hydrogen) atoms. The molecule has 2 aromatic rings. The zero-order valence-electron chi connectivity index (χ0n) is 19.3. The summed E-state index contributed by atoms with van der Waals surface area (Å²) in [5.74, 6) is -0.0112. The standard InChI is InChI=1S/C23H25FN6O6/c24-15-1-2-16-21(29(7-8-31)20(33)10-26-16)14(15)5-6-25-9-13-11-30(23(34)36-13)18-4-3-17-22(27-18)28-19(32)12-35-17/h1-4,13,25-26,31H,5-12H2,(H,27,28,32). The molecule has 1 atom stereocenters. The van der Waals surface area contributed by atoms with Crippen molar-refractivity contribution in [1.82, 2.24) is 10.3 Å². The number of pyridine rings is 1. The Morgan fingerprint density at radius 1 is 1.22 bits per heavy atom. The van der Waals surface area contributed by atoms with E-state index in [9.17, 15) is 23.9 Å². The third-order valence-corrected chi connectivity index (χ3v) is 6.08. The van der Waals surface area contributed by atoms with Crippen LogP contribution in [0.2, 0.25) is 0 Å². The molecule has 0 radical (unpaired) electrons. The summed E-state index contributed by atoms with van der Waals surface area (Å²) in [6.07, 6.45) is -0.753. The minimum absolute atomic E-state index is 0.0811. The highest BCUT2D eigenvalue weighted by atomic mass is 19.1. The summed E-state index contributed by atoms with van der Waals surface area (Å²) in [6, 6.07) is 6.17. The molecule has 3 amide bonds. The quantitative estimate of drug-likeness (QED) is 0.380. The largest absolute Gasteiger partial charge is 0.480 e. The van der Waals surface area contributed by atoms with Crippen LogP contribution >= 0.6 is 0 Å². The van der Waals surface area contributed by atoms with Crippen molar-refractivity contribution in [2.75, 3.05) is 66.4 Å². The summed E-state index contributed by atoms with van der Waals surface area (Å²) in [5, 5.41) is 18.1. The average Bonchev–Trinajstić information content (AvgIpc) is 3.24. The smallest absolute Gasteiger partial charge is 0.416 e. The van der Waals surface area contributed by atoms with Gasteiger partial charge in [0.1, 0.15) is 17.7 Å². The number of hydrogen-bond acceptors (Lipinski definition) is 9. The third-order valence-electron chi connectivity index (χ3n) is 6.08. The van der Waals surface area contributed by atoms with Gasteiger partial charge in [0.05, 0.1) is 31.1 Å². The lowest BCUT2D eigenvalue weighted by atomic mass is 10.0. The van der Waals surface area contributed by atoms with Crippen LogP contribution in [0.25, 0.3) is 0 Å². The number of β-amino-alcohol motifs (C(OH)–C–C–N with tert-alkyl or cyclic N) is 1. The molecule has 1 aromatic carbocycles. The Kier molecular flexibility index (Phi) is 6.57. The van der Waals surface area contributed by atoms with Crippen LogP contribution in [0.15, 0.2) is 24.3 Å². The summed E-state index contributed by atoms with van der Waals surface area (Å²) < 4.78 is 25.4. The van der Waals surface area contributed by atoms with E-state index in [1.807, 2.05) is 0 Å². The first-order chi connectivity index (χ1) is 17.4. The number of nitrogens with zero attached hydrogens (tertiary/aromatic N) is 3. The first kappa shape index (κ1) is 23.8. The monoisotopic (exact) mass is 500 g/mol. The van der Waals surface area contributed by atoms with Crippen molar-refractivity contribution in [2.45, 2.75) is 12.5 Å². The average molecular weight is 500 g/mol. The maximum absolute atomic E-state index is 14.7. The van der Waals surface area contributed by atoms with Gasteiger partial charge in [-0.3, -0.25) is 14.5 Å². The van der Waals surface area contributed by atoms with Crippen molar-refractivity contribution in [2.24, 2.45) is 0 Å². The van der Waals surface area contributed by atoms with Gasteiger partial charge in [0.15, 0.2) is 18.2 Å². The molecule has 0 spiro atoms. The number of nitrogens with one attached hydrogen (secondary N) is 3. The van der Waals surface area contributed by atoms with Crippen molar-refractivity contribution >= 4 is 40.9 Å². The molecule has 4 N–H and O–H groups in total. The number of cyclic esters (lactones) is 1. The Hall–Kier alpha value is -3.97. The van der Waals surface area contributed by atoms with Gasteiger partial charge in [-0.25, -0.2) is 14.2 Å². The zero-order chi connectivity index (χ0) is 25.2. The van der Waals surface area contributed by atoms with Crippen molar-refractivity contribution < 1.29 is 33.4 Å². The maximum atomic E-state index is 14.7. The molecule has 5 rings (SSSR count). The summed E-state index contributed by atoms with van der Waals surface area (Å²) in [6.45, 7) is 0.765. The van der Waals surface area contributed by atoms with Crippen molar-refractivity contribution in [3.05, 3.63) is 35.6 Å². The summed E-state index contributed by atoms with van der Waals surface area (Å²) in [5.41, 5.74) is 1.44. The van der Waals surface area contributed by atoms with Gasteiger partial charge in [0.25, 0.3) is 5.91 Å². The van der Waals surface area contributed by atoms with Crippen LogP contribution in [0.3, 0.4) is 0 Å². The van der Waals surface area contributed by atoms with Crippen LogP contribution in [0.5, 0.6) is 5.75 Å². The second-order valence-electron chi connectivity index (χ2n) is 8.47. The number of aliphatic hydroxyl groups excluding tert-OH is 1. The molecular weight excluding hydrogens is 475 g/mol. The maximum Gasteiger partial charge on any atom is 0.416 e. The SMILES string of the molecule is O=C1COc2ccc(N3CC(CNCCc4c(F)ccc5c4N(CCO)C(=O)CN5)OC3=O)nc2N1. The molecule has 1 saturated heterocycles. The molecule has 13 heteroatoms. The summed E-state index contributed by atoms with van der Waals surface area (Å²) >= 11 is 0. The van der Waals surface area contributed by atoms with Gasteiger partial charge in [-0.1, -0.05) is 0 Å². The molecule has 0 bridgehead atoms. The normalized spacial score (nSPS) is 18.7. The molecule has 3 aliphatic rings. The molecular formula is C23H25FN6O6. The number of aromatic nitrogens is 1. The van der Waals surface area contributed by atoms with E-state index in [2.05, 4.69) is 20.9 Å². The van der Waals surface area contributed by atoms with Crippen molar-refractivity contribution in [3.8, 4) is 5.75 Å². The highest BCUT2D eigenvalue weighted by molar-refractivity contribution is 6.03. The number of carbonyl (C=O) groups is 3. The minimum Gasteiger partial charge on any atom is -0.480 e. The van der Waals surface area contributed by atoms with E-state index < -0.39 is 18.0 Å². The highest BCUT2D eigenvalue weighted by Gasteiger charge is 2.34. The number of amides is 3. The van der Waals surface area contributed by atoms with Crippen LogP contribution in [-0.4, -0.2) is 80.0 Å². The number of hydrogen-bond donors (Lipinski definition) is 4. The molecule has 190 valence electrons. The number of benzene rings is 1. The van der Waals surface area contributed by atoms with Crippen LogP contribution in [0.1, 0.15) is 5.56 Å². The lowest BCUT2D eigenvalue weighted by molar-refractivity contribution is -0.119. The lowest BCUT2D eigenvalue weighted by Gasteiger charge is -2.32. The third kappa shape index (κ3) is 4.62. The Morgan fingerprint density at radius 3 is 2.92 bits per heavy atom. The van der Waals surface area contributed by atoms with Crippen LogP contribution in [0, 0.1) is 5.82 Å². The van der Waals surface area contributed by atoms with Gasteiger partial charge in [-0.2, -0.15) is 0 Å². The molecule has 0 aliphatic carbocycles. The second-order valence-corrected chi connectivity index (χ2v) is 8.47. The predicted molar refractivity (Wildman–Crippen MR) is 127 cm³/mol. The lowest BCUT2D eigenvalue weighted by Crippen LogP contribution is -2.42. The van der Waals surface area contributed by atoms with Crippen molar-refractivity contribution in [3.63, 3.8) is 0 Å². The first-order valence-corrected chi connectivity index (χ1v) is 11.5. The van der Waals surface area contributed by atoms with E-state index in [-0.39, 0.29) is 56.9 Å². The number of fused-ring (bicyclic) bond motifs is 2. The number of ether oxygens (including phenoxy) is 2. The Morgan fingerprint density at radius 2 is 2.08 bits per heavy atom. The number of carbonyl (C=O) groups excluding carboxylic acids is 3. The van der Waals surface area contributed by atoms with Gasteiger partial charge in [0, 0.05) is 18.7 Å². The van der Waals surface area contributed by atoms with E-state index >= 15 is 0 Å². The van der Waals surface area contributed by atoms with Crippen molar-refractivity contribution in [1.29, 1.82) is 0 Å². The fourth-order valence-electron chi connectivity index (χ4n) is 4.42. The van der Waals surface area contributed by atoms with Gasteiger partial charge in [-0.05, 0) is 37.2 Å². The van der Waals surface area contributed by atoms with Gasteiger partial charge < -0.3 is 35.4 Å². The number of aliphatic hydroxyl groups is 1. The fraction of sp³-hybridized carbons (Fsp3) is 0.391. The Labute approximate surface area is 205 Å².